The van der Waals surface area contributed by atoms with Crippen LogP contribution in [-0.2, 0) is 9.84 Å². The Hall–Kier alpha value is -1.07. The van der Waals surface area contributed by atoms with Gasteiger partial charge < -0.3 is 10.1 Å². The minimum absolute atomic E-state index is 0.174. The Morgan fingerprint density at radius 2 is 2.00 bits per heavy atom. The molecule has 5 heteroatoms. The molecule has 2 unspecified atom stereocenters. The maximum Gasteiger partial charge on any atom is 0.158 e. The summed E-state index contributed by atoms with van der Waals surface area (Å²) < 4.78 is 31.0. The molecule has 118 valence electrons. The third kappa shape index (κ3) is 3.77. The lowest BCUT2D eigenvalue weighted by Crippen LogP contribution is -2.45. The molecule has 1 aliphatic heterocycles. The topological polar surface area (TPSA) is 55.4 Å². The highest BCUT2D eigenvalue weighted by atomic mass is 32.2. The van der Waals surface area contributed by atoms with Gasteiger partial charge in [0.15, 0.2) is 9.84 Å². The first-order valence-electron chi connectivity index (χ1n) is 7.76. The van der Waals surface area contributed by atoms with E-state index in [0.29, 0.717) is 0 Å². The molecule has 1 aliphatic rings. The van der Waals surface area contributed by atoms with E-state index in [1.165, 1.54) is 0 Å². The van der Waals surface area contributed by atoms with Gasteiger partial charge in [-0.15, -0.1) is 0 Å². The van der Waals surface area contributed by atoms with E-state index in [1.54, 1.807) is 0 Å². The largest absolute Gasteiger partial charge is 0.492 e. The molecule has 1 aromatic rings. The van der Waals surface area contributed by atoms with E-state index < -0.39 is 15.1 Å². The predicted octanol–water partition coefficient (Wildman–Crippen LogP) is 2.70. The molecular weight excluding hydrogens is 286 g/mol. The number of fused-ring (bicyclic) bond motifs is 1. The van der Waals surface area contributed by atoms with E-state index in [9.17, 15) is 8.42 Å². The highest BCUT2D eigenvalue weighted by molar-refractivity contribution is 7.92. The van der Waals surface area contributed by atoms with Crippen LogP contribution >= 0.6 is 0 Å². The Labute approximate surface area is 127 Å². The zero-order chi connectivity index (χ0) is 15.3. The molecule has 0 saturated heterocycles. The van der Waals surface area contributed by atoms with Crippen LogP contribution in [0.3, 0.4) is 0 Å². The minimum Gasteiger partial charge on any atom is -0.492 e. The minimum atomic E-state index is -3.16. The molecule has 0 aromatic heterocycles. The van der Waals surface area contributed by atoms with Gasteiger partial charge in [0.1, 0.15) is 17.6 Å². The SMILES string of the molecule is CCCCCS(=O)(=O)C1COc2ccccc2C1NCC. The van der Waals surface area contributed by atoms with Crippen molar-refractivity contribution in [3.05, 3.63) is 29.8 Å². The Bertz CT molecular complexity index is 556. The van der Waals surface area contributed by atoms with E-state index in [-0.39, 0.29) is 18.4 Å². The first-order valence-corrected chi connectivity index (χ1v) is 9.48. The van der Waals surface area contributed by atoms with Crippen molar-refractivity contribution in [1.29, 1.82) is 0 Å². The maximum atomic E-state index is 12.6. The Kier molecular flexibility index (Phi) is 5.65. The van der Waals surface area contributed by atoms with Gasteiger partial charge in [-0.05, 0) is 19.0 Å². The third-order valence-electron chi connectivity index (χ3n) is 3.95. The summed E-state index contributed by atoms with van der Waals surface area (Å²) in [6, 6.07) is 7.53. The van der Waals surface area contributed by atoms with E-state index in [1.807, 2.05) is 31.2 Å². The number of para-hydroxylation sites is 1. The van der Waals surface area contributed by atoms with Crippen LogP contribution in [0.25, 0.3) is 0 Å². The second-order valence-corrected chi connectivity index (χ2v) is 7.84. The summed E-state index contributed by atoms with van der Waals surface area (Å²) in [6.45, 7) is 5.05. The number of ether oxygens (including phenoxy) is 1. The first kappa shape index (κ1) is 16.3. The number of rotatable bonds is 7. The van der Waals surface area contributed by atoms with Crippen LogP contribution in [0.15, 0.2) is 24.3 Å². The second-order valence-electron chi connectivity index (χ2n) is 5.50. The van der Waals surface area contributed by atoms with E-state index in [2.05, 4.69) is 12.2 Å². The Balaban J connectivity index is 2.23. The van der Waals surface area contributed by atoms with Crippen LogP contribution in [0.2, 0.25) is 0 Å². The third-order valence-corrected chi connectivity index (χ3v) is 6.14. The Morgan fingerprint density at radius 3 is 2.71 bits per heavy atom. The molecule has 1 heterocycles. The zero-order valence-corrected chi connectivity index (χ0v) is 13.7. The molecule has 0 saturated carbocycles. The van der Waals surface area contributed by atoms with Crippen LogP contribution < -0.4 is 10.1 Å². The lowest BCUT2D eigenvalue weighted by atomic mass is 10.0. The monoisotopic (exact) mass is 311 g/mol. The van der Waals surface area contributed by atoms with Gasteiger partial charge in [-0.25, -0.2) is 8.42 Å². The number of hydrogen-bond acceptors (Lipinski definition) is 4. The van der Waals surface area contributed by atoms with Crippen molar-refractivity contribution >= 4 is 9.84 Å². The Morgan fingerprint density at radius 1 is 1.24 bits per heavy atom. The number of nitrogens with one attached hydrogen (secondary N) is 1. The van der Waals surface area contributed by atoms with Gasteiger partial charge >= 0.3 is 0 Å². The van der Waals surface area contributed by atoms with E-state index in [0.717, 1.165) is 37.1 Å². The molecule has 1 aromatic carbocycles. The average Bonchev–Trinajstić information content (AvgIpc) is 2.48. The van der Waals surface area contributed by atoms with Crippen LogP contribution in [0, 0.1) is 0 Å². The molecule has 0 aliphatic carbocycles. The molecule has 2 rings (SSSR count). The lowest BCUT2D eigenvalue weighted by Gasteiger charge is -2.33. The number of benzene rings is 1. The average molecular weight is 311 g/mol. The highest BCUT2D eigenvalue weighted by Gasteiger charge is 2.38. The molecule has 4 nitrogen and oxygen atoms in total. The van der Waals surface area contributed by atoms with Crippen molar-refractivity contribution in [2.75, 3.05) is 18.9 Å². The summed E-state index contributed by atoms with van der Waals surface area (Å²) in [5, 5.41) is 2.83. The summed E-state index contributed by atoms with van der Waals surface area (Å²) >= 11 is 0. The smallest absolute Gasteiger partial charge is 0.158 e. The zero-order valence-electron chi connectivity index (χ0n) is 12.8. The van der Waals surface area contributed by atoms with E-state index in [4.69, 9.17) is 4.74 Å². The molecule has 0 amide bonds. The van der Waals surface area contributed by atoms with Gasteiger partial charge in [0.2, 0.25) is 0 Å². The fourth-order valence-corrected chi connectivity index (χ4v) is 4.66. The van der Waals surface area contributed by atoms with Gasteiger partial charge in [0.05, 0.1) is 11.8 Å². The molecule has 0 spiro atoms. The van der Waals surface area contributed by atoms with Crippen LogP contribution in [-0.4, -0.2) is 32.6 Å². The van der Waals surface area contributed by atoms with Gasteiger partial charge in [-0.3, -0.25) is 0 Å². The lowest BCUT2D eigenvalue weighted by molar-refractivity contribution is 0.255. The van der Waals surface area contributed by atoms with Crippen LogP contribution in [0.1, 0.15) is 44.7 Å². The maximum absolute atomic E-state index is 12.6. The molecule has 1 N–H and O–H groups in total. The van der Waals surface area contributed by atoms with Crippen molar-refractivity contribution < 1.29 is 13.2 Å². The van der Waals surface area contributed by atoms with Crippen LogP contribution in [0.4, 0.5) is 0 Å². The van der Waals surface area contributed by atoms with Crippen LogP contribution in [0.5, 0.6) is 5.75 Å². The fourth-order valence-electron chi connectivity index (χ4n) is 2.81. The number of hydrogen-bond donors (Lipinski definition) is 1. The summed E-state index contributed by atoms with van der Waals surface area (Å²) in [4.78, 5) is 0. The van der Waals surface area contributed by atoms with Gasteiger partial charge in [0, 0.05) is 5.56 Å². The molecule has 0 bridgehead atoms. The summed E-state index contributed by atoms with van der Waals surface area (Å²) in [5.41, 5.74) is 0.953. The van der Waals surface area contributed by atoms with Crippen molar-refractivity contribution in [3.63, 3.8) is 0 Å². The number of unbranched alkanes of at least 4 members (excludes halogenated alkanes) is 2. The summed E-state index contributed by atoms with van der Waals surface area (Å²) in [7, 11) is -3.16. The second kappa shape index (κ2) is 7.27. The fraction of sp³-hybridized carbons (Fsp3) is 0.625. The molecule has 21 heavy (non-hydrogen) atoms. The van der Waals surface area contributed by atoms with Crippen molar-refractivity contribution in [3.8, 4) is 5.75 Å². The van der Waals surface area contributed by atoms with Crippen molar-refractivity contribution in [1.82, 2.24) is 5.32 Å². The number of sulfone groups is 1. The molecule has 2 atom stereocenters. The summed E-state index contributed by atoms with van der Waals surface area (Å²) in [6.07, 6.45) is 2.71. The van der Waals surface area contributed by atoms with Gasteiger partial charge in [-0.1, -0.05) is 44.9 Å². The molecular formula is C16H25NO3S. The normalized spacial score (nSPS) is 21.6. The van der Waals surface area contributed by atoms with Crippen molar-refractivity contribution in [2.45, 2.75) is 44.4 Å². The molecule has 0 radical (unpaired) electrons. The first-order chi connectivity index (χ1) is 10.1. The van der Waals surface area contributed by atoms with E-state index >= 15 is 0 Å². The van der Waals surface area contributed by atoms with Gasteiger partial charge in [-0.2, -0.15) is 0 Å². The standard InChI is InChI=1S/C16H25NO3S/c1-3-5-8-11-21(18,19)15-12-20-14-10-7-6-9-13(14)16(15)17-4-2/h6-7,9-10,15-17H,3-5,8,11-12H2,1-2H3. The quantitative estimate of drug-likeness (QED) is 0.787. The molecule has 0 fully saturated rings. The van der Waals surface area contributed by atoms with Gasteiger partial charge in [0.25, 0.3) is 0 Å². The summed E-state index contributed by atoms with van der Waals surface area (Å²) in [5.74, 6) is 1.04. The predicted molar refractivity (Wildman–Crippen MR) is 85.5 cm³/mol. The highest BCUT2D eigenvalue weighted by Crippen LogP contribution is 2.35. The van der Waals surface area contributed by atoms with Crippen molar-refractivity contribution in [2.24, 2.45) is 0 Å².